The first-order valence-electron chi connectivity index (χ1n) is 8.86. The number of rotatable bonds is 7. The minimum Gasteiger partial charge on any atom is -0.384 e. The predicted molar refractivity (Wildman–Crippen MR) is 104 cm³/mol. The summed E-state index contributed by atoms with van der Waals surface area (Å²) in [6, 6.07) is 8.65. The lowest BCUT2D eigenvalue weighted by atomic mass is 10.1. The van der Waals surface area contributed by atoms with Crippen molar-refractivity contribution in [2.45, 2.75) is 26.8 Å². The van der Waals surface area contributed by atoms with Crippen molar-refractivity contribution in [3.05, 3.63) is 63.8 Å². The van der Waals surface area contributed by atoms with Gasteiger partial charge in [-0.15, -0.1) is 0 Å². The smallest absolute Gasteiger partial charge is 0.259 e. The van der Waals surface area contributed by atoms with Crippen molar-refractivity contribution in [2.24, 2.45) is 0 Å². The fraction of sp³-hybridized carbons (Fsp3) is 0.300. The number of anilines is 1. The summed E-state index contributed by atoms with van der Waals surface area (Å²) in [4.78, 5) is 28.9. The second-order valence-electron chi connectivity index (χ2n) is 6.44. The van der Waals surface area contributed by atoms with Gasteiger partial charge in [-0.2, -0.15) is 4.98 Å². The van der Waals surface area contributed by atoms with E-state index < -0.39 is 0 Å². The highest BCUT2D eigenvalue weighted by molar-refractivity contribution is 5.91. The van der Waals surface area contributed by atoms with Crippen LogP contribution in [0.4, 0.5) is 5.69 Å². The first kappa shape index (κ1) is 19.5. The van der Waals surface area contributed by atoms with Crippen LogP contribution in [0, 0.1) is 13.8 Å². The summed E-state index contributed by atoms with van der Waals surface area (Å²) >= 11 is 0. The molecule has 2 aromatic heterocycles. The molecule has 0 aliphatic rings. The zero-order valence-electron chi connectivity index (χ0n) is 16.1. The molecule has 0 fully saturated rings. The van der Waals surface area contributed by atoms with Gasteiger partial charge in [-0.25, -0.2) is 0 Å². The molecule has 8 heteroatoms. The van der Waals surface area contributed by atoms with E-state index in [1.54, 1.807) is 19.4 Å². The van der Waals surface area contributed by atoms with Gasteiger partial charge in [-0.05, 0) is 37.1 Å². The third-order valence-electron chi connectivity index (χ3n) is 4.42. The molecule has 3 rings (SSSR count). The van der Waals surface area contributed by atoms with E-state index in [1.807, 2.05) is 32.0 Å². The van der Waals surface area contributed by atoms with Crippen LogP contribution in [0.1, 0.15) is 17.0 Å². The van der Waals surface area contributed by atoms with Gasteiger partial charge in [-0.3, -0.25) is 9.59 Å². The number of amides is 1. The Hall–Kier alpha value is -3.26. The van der Waals surface area contributed by atoms with E-state index in [9.17, 15) is 9.59 Å². The molecule has 1 aromatic carbocycles. The summed E-state index contributed by atoms with van der Waals surface area (Å²) in [6.07, 6.45) is 2.07. The Kier molecular flexibility index (Phi) is 6.00. The van der Waals surface area contributed by atoms with Crippen LogP contribution < -0.4 is 10.9 Å². The summed E-state index contributed by atoms with van der Waals surface area (Å²) in [7, 11) is 1.60. The van der Waals surface area contributed by atoms with Crippen molar-refractivity contribution in [3.8, 4) is 11.5 Å². The molecule has 0 spiro atoms. The number of benzene rings is 1. The normalized spacial score (nSPS) is 10.8. The van der Waals surface area contributed by atoms with Crippen LogP contribution in [0.3, 0.4) is 0 Å². The Balaban J connectivity index is 1.76. The van der Waals surface area contributed by atoms with E-state index in [4.69, 9.17) is 9.26 Å². The molecular weight excluding hydrogens is 360 g/mol. The third-order valence-corrected chi connectivity index (χ3v) is 4.42. The van der Waals surface area contributed by atoms with E-state index in [0.717, 1.165) is 16.8 Å². The summed E-state index contributed by atoms with van der Waals surface area (Å²) < 4.78 is 11.5. The first-order chi connectivity index (χ1) is 13.5. The Bertz CT molecular complexity index is 1040. The molecule has 0 aliphatic heterocycles. The average molecular weight is 382 g/mol. The molecule has 8 nitrogen and oxygen atoms in total. The van der Waals surface area contributed by atoms with Crippen LogP contribution in [0.25, 0.3) is 11.5 Å². The van der Waals surface area contributed by atoms with Gasteiger partial charge < -0.3 is 19.1 Å². The highest BCUT2D eigenvalue weighted by Crippen LogP contribution is 2.18. The Morgan fingerprint density at radius 3 is 2.86 bits per heavy atom. The van der Waals surface area contributed by atoms with Crippen molar-refractivity contribution in [3.63, 3.8) is 0 Å². The molecule has 0 bridgehead atoms. The molecule has 1 amide bonds. The maximum absolute atomic E-state index is 12.4. The number of hydrogen-bond donors (Lipinski definition) is 1. The summed E-state index contributed by atoms with van der Waals surface area (Å²) in [5.74, 6) is 0.510. The number of pyridine rings is 1. The van der Waals surface area contributed by atoms with E-state index in [2.05, 4.69) is 15.5 Å². The van der Waals surface area contributed by atoms with Gasteiger partial charge in [0.05, 0.1) is 12.2 Å². The zero-order chi connectivity index (χ0) is 20.1. The summed E-state index contributed by atoms with van der Waals surface area (Å²) in [6.45, 7) is 4.28. The number of ether oxygens (including phenoxy) is 1. The molecule has 0 aliphatic carbocycles. The zero-order valence-corrected chi connectivity index (χ0v) is 16.1. The standard InChI is InChI=1S/C20H22N4O4/c1-13-5-4-6-16(14(13)2)21-18(25)12-24-11-15(7-8-19(24)26)20-22-17(23-28-20)9-10-27-3/h4-8,11H,9-10,12H2,1-3H3,(H,21,25). The van der Waals surface area contributed by atoms with Crippen molar-refractivity contribution >= 4 is 11.6 Å². The minimum absolute atomic E-state index is 0.120. The molecule has 28 heavy (non-hydrogen) atoms. The topological polar surface area (TPSA) is 99.3 Å². The quantitative estimate of drug-likeness (QED) is 0.673. The van der Waals surface area contributed by atoms with Crippen molar-refractivity contribution in [1.82, 2.24) is 14.7 Å². The van der Waals surface area contributed by atoms with E-state index >= 15 is 0 Å². The summed E-state index contributed by atoms with van der Waals surface area (Å²) in [5, 5.41) is 6.73. The minimum atomic E-state index is -0.293. The van der Waals surface area contributed by atoms with Crippen LogP contribution >= 0.6 is 0 Å². The Morgan fingerprint density at radius 1 is 1.25 bits per heavy atom. The summed E-state index contributed by atoms with van der Waals surface area (Å²) in [5.41, 5.74) is 3.08. The lowest BCUT2D eigenvalue weighted by Gasteiger charge is -2.11. The van der Waals surface area contributed by atoms with Gasteiger partial charge in [0.25, 0.3) is 11.4 Å². The van der Waals surface area contributed by atoms with E-state index in [-0.39, 0.29) is 23.9 Å². The fourth-order valence-corrected chi connectivity index (χ4v) is 2.68. The van der Waals surface area contributed by atoms with Gasteiger partial charge in [0, 0.05) is 31.5 Å². The van der Waals surface area contributed by atoms with Gasteiger partial charge in [0.15, 0.2) is 5.82 Å². The van der Waals surface area contributed by atoms with Gasteiger partial charge in [-0.1, -0.05) is 17.3 Å². The van der Waals surface area contributed by atoms with Gasteiger partial charge >= 0.3 is 0 Å². The number of carbonyl (C=O) groups excluding carboxylic acids is 1. The first-order valence-corrected chi connectivity index (χ1v) is 8.86. The van der Waals surface area contributed by atoms with Crippen LogP contribution in [0.15, 0.2) is 45.8 Å². The second kappa shape index (κ2) is 8.62. The predicted octanol–water partition coefficient (Wildman–Crippen LogP) is 2.34. The molecular formula is C20H22N4O4. The molecule has 3 aromatic rings. The number of aryl methyl sites for hydroxylation is 1. The largest absolute Gasteiger partial charge is 0.384 e. The third kappa shape index (κ3) is 4.52. The van der Waals surface area contributed by atoms with Crippen molar-refractivity contribution in [1.29, 1.82) is 0 Å². The van der Waals surface area contributed by atoms with E-state index in [0.29, 0.717) is 24.4 Å². The molecule has 1 N–H and O–H groups in total. The van der Waals surface area contributed by atoms with Crippen molar-refractivity contribution < 1.29 is 14.1 Å². The Labute approximate surface area is 162 Å². The molecule has 0 atom stereocenters. The fourth-order valence-electron chi connectivity index (χ4n) is 2.68. The second-order valence-corrected chi connectivity index (χ2v) is 6.44. The van der Waals surface area contributed by atoms with Gasteiger partial charge in [0.2, 0.25) is 5.91 Å². The highest BCUT2D eigenvalue weighted by atomic mass is 16.5. The Morgan fingerprint density at radius 2 is 2.07 bits per heavy atom. The number of nitrogens with one attached hydrogen (secondary N) is 1. The molecule has 0 radical (unpaired) electrons. The number of hydrogen-bond acceptors (Lipinski definition) is 6. The maximum Gasteiger partial charge on any atom is 0.259 e. The molecule has 0 unspecified atom stereocenters. The highest BCUT2D eigenvalue weighted by Gasteiger charge is 2.12. The van der Waals surface area contributed by atoms with E-state index in [1.165, 1.54) is 10.6 Å². The number of methoxy groups -OCH3 is 1. The van der Waals surface area contributed by atoms with Crippen LogP contribution in [-0.4, -0.2) is 34.3 Å². The maximum atomic E-state index is 12.4. The average Bonchev–Trinajstić information content (AvgIpc) is 3.14. The molecule has 146 valence electrons. The molecule has 2 heterocycles. The SMILES string of the molecule is COCCc1noc(-c2ccc(=O)n(CC(=O)Nc3cccc(C)c3C)c2)n1. The van der Waals surface area contributed by atoms with Gasteiger partial charge in [0.1, 0.15) is 6.54 Å². The lowest BCUT2D eigenvalue weighted by molar-refractivity contribution is -0.116. The van der Waals surface area contributed by atoms with Crippen LogP contribution in [0.5, 0.6) is 0 Å². The lowest BCUT2D eigenvalue weighted by Crippen LogP contribution is -2.27. The number of carbonyl (C=O) groups is 1. The van der Waals surface area contributed by atoms with Crippen LogP contribution in [0.2, 0.25) is 0 Å². The monoisotopic (exact) mass is 382 g/mol. The molecule has 0 saturated carbocycles. The molecule has 0 saturated heterocycles. The number of aromatic nitrogens is 3. The van der Waals surface area contributed by atoms with Crippen molar-refractivity contribution in [2.75, 3.05) is 19.0 Å². The number of nitrogens with zero attached hydrogens (tertiary/aromatic N) is 3. The van der Waals surface area contributed by atoms with Crippen LogP contribution in [-0.2, 0) is 22.5 Å².